The molecule has 0 aliphatic carbocycles. The van der Waals surface area contributed by atoms with E-state index in [9.17, 15) is 10.5 Å². The molecule has 15 nitrogen and oxygen atoms in total. The van der Waals surface area contributed by atoms with E-state index < -0.39 is 24.6 Å². The van der Waals surface area contributed by atoms with Gasteiger partial charge < -0.3 is 50.7 Å². The maximum atomic E-state index is 9.56. The summed E-state index contributed by atoms with van der Waals surface area (Å²) in [5, 5.41) is 19.1. The zero-order valence-corrected chi connectivity index (χ0v) is 31.9. The number of rotatable bonds is 12. The molecule has 2 atom stereocenters. The van der Waals surface area contributed by atoms with Gasteiger partial charge in [0.2, 0.25) is 0 Å². The van der Waals surface area contributed by atoms with Crippen LogP contribution in [-0.2, 0) is 0 Å². The molecule has 1 heterocycles. The Labute approximate surface area is 324 Å². The number of hydrogen-bond acceptors (Lipinski definition) is 15. The SMILES string of the molecule is N#Cc1ccc(OP2(Oc3ccc(C#N)cc3)=NP(Oc3ccc(N)cc3)N(Oc3ccc(N)cc3)P(Oc3ccc(N)cc3)N2Oc2ccc(N)cc2)cc1. The molecule has 0 spiro atoms. The average Bonchev–Trinajstić information content (AvgIpc) is 3.21. The number of nitrogens with two attached hydrogens (primary N) is 4. The van der Waals surface area contributed by atoms with Crippen molar-refractivity contribution >= 4 is 47.3 Å². The van der Waals surface area contributed by atoms with E-state index in [2.05, 4.69) is 12.1 Å². The molecular weight excluding hydrogens is 771 g/mol. The molecule has 6 aromatic carbocycles. The number of nitrogens with zero attached hydrogens (tertiary/aromatic N) is 5. The molecule has 8 N–H and O–H groups in total. The third-order valence-electron chi connectivity index (χ3n) is 7.53. The highest BCUT2D eigenvalue weighted by atomic mass is 31.3. The largest absolute Gasteiger partial charge is 0.447 e. The van der Waals surface area contributed by atoms with Gasteiger partial charge in [-0.3, -0.25) is 0 Å². The molecule has 18 heteroatoms. The standard InChI is InChI=1S/C38H32N9O6P3/c39-25-27-1-13-37(14-2-27)52-56(53-38-15-3-28(26-40)4-16-38)45-54(50-35-21-9-31(43)10-22-35)46(48-33-17-5-29(41)6-18-33)55(51-36-23-11-32(44)12-24-36)47(56)49-34-19-7-30(42)8-20-34/h1-24H,41-44H2. The van der Waals surface area contributed by atoms with Crippen LogP contribution in [0.1, 0.15) is 11.1 Å². The van der Waals surface area contributed by atoms with E-state index in [1.807, 2.05) is 0 Å². The highest BCUT2D eigenvalue weighted by Crippen LogP contribution is 2.77. The molecule has 1 aliphatic rings. The fourth-order valence-corrected chi connectivity index (χ4v) is 12.2. The van der Waals surface area contributed by atoms with Crippen LogP contribution in [0.5, 0.6) is 34.5 Å². The highest BCUT2D eigenvalue weighted by molar-refractivity contribution is 7.78. The van der Waals surface area contributed by atoms with Gasteiger partial charge in [0.1, 0.15) is 34.5 Å². The Balaban J connectivity index is 1.49. The van der Waals surface area contributed by atoms with Gasteiger partial charge in [-0.15, -0.1) is 4.52 Å². The van der Waals surface area contributed by atoms with Gasteiger partial charge in [-0.25, -0.2) is 0 Å². The molecule has 0 radical (unpaired) electrons. The van der Waals surface area contributed by atoms with Crippen LogP contribution in [-0.4, -0.2) is 9.21 Å². The van der Waals surface area contributed by atoms with Crippen LogP contribution in [0.25, 0.3) is 0 Å². The number of anilines is 4. The van der Waals surface area contributed by atoms with Gasteiger partial charge in [-0.05, 0) is 146 Å². The van der Waals surface area contributed by atoms with Crippen molar-refractivity contribution in [1.29, 1.82) is 10.5 Å². The van der Waals surface area contributed by atoms with Crippen LogP contribution in [0, 0.1) is 22.7 Å². The van der Waals surface area contributed by atoms with Crippen LogP contribution in [0.4, 0.5) is 22.7 Å². The summed E-state index contributed by atoms with van der Waals surface area (Å²) in [6.07, 6.45) is 0. The Morgan fingerprint density at radius 1 is 0.464 bits per heavy atom. The van der Waals surface area contributed by atoms with Crippen LogP contribution in [0.2, 0.25) is 0 Å². The van der Waals surface area contributed by atoms with Crippen LogP contribution < -0.4 is 50.7 Å². The van der Waals surface area contributed by atoms with Gasteiger partial charge in [0, 0.05) is 32.0 Å². The van der Waals surface area contributed by atoms with Crippen molar-refractivity contribution in [1.82, 2.24) is 9.21 Å². The van der Waals surface area contributed by atoms with Crippen LogP contribution in [0.15, 0.2) is 150 Å². The van der Waals surface area contributed by atoms with Crippen molar-refractivity contribution in [3.8, 4) is 46.6 Å². The second-order valence-electron chi connectivity index (χ2n) is 11.7. The average molecular weight is 804 g/mol. The highest BCUT2D eigenvalue weighted by Gasteiger charge is 2.58. The first-order valence-corrected chi connectivity index (χ1v) is 20.4. The second-order valence-corrected chi connectivity index (χ2v) is 17.2. The maximum absolute atomic E-state index is 9.56. The molecule has 7 rings (SSSR count). The van der Waals surface area contributed by atoms with Gasteiger partial charge >= 0.3 is 24.6 Å². The van der Waals surface area contributed by atoms with E-state index in [4.69, 9.17) is 55.2 Å². The Morgan fingerprint density at radius 3 is 1.23 bits per heavy atom. The Morgan fingerprint density at radius 2 is 0.821 bits per heavy atom. The fraction of sp³-hybridized carbons (Fsp3) is 0. The molecule has 6 aromatic rings. The van der Waals surface area contributed by atoms with Gasteiger partial charge in [-0.1, -0.05) is 0 Å². The van der Waals surface area contributed by atoms with Crippen molar-refractivity contribution in [2.45, 2.75) is 0 Å². The van der Waals surface area contributed by atoms with Crippen LogP contribution in [0.3, 0.4) is 0 Å². The monoisotopic (exact) mass is 803 g/mol. The lowest BCUT2D eigenvalue weighted by molar-refractivity contribution is 0.0546. The first kappa shape index (κ1) is 37.6. The summed E-state index contributed by atoms with van der Waals surface area (Å²) >= 11 is 0. The quantitative estimate of drug-likeness (QED) is 0.0668. The Hall–Kier alpha value is -6.69. The molecule has 280 valence electrons. The third-order valence-corrected chi connectivity index (χ3v) is 14.4. The first-order valence-electron chi connectivity index (χ1n) is 16.6. The molecule has 2 unspecified atom stereocenters. The molecule has 0 fully saturated rings. The minimum atomic E-state index is -4.07. The van der Waals surface area contributed by atoms with Gasteiger partial charge in [0.25, 0.3) is 0 Å². The summed E-state index contributed by atoms with van der Waals surface area (Å²) in [5.74, 6) is 2.01. The number of hydrogen-bond donors (Lipinski definition) is 4. The summed E-state index contributed by atoms with van der Waals surface area (Å²) in [7, 11) is -8.76. The van der Waals surface area contributed by atoms with E-state index in [1.54, 1.807) is 146 Å². The van der Waals surface area contributed by atoms with Crippen molar-refractivity contribution in [3.63, 3.8) is 0 Å². The molecule has 0 bridgehead atoms. The van der Waals surface area contributed by atoms with E-state index in [0.717, 1.165) is 0 Å². The van der Waals surface area contributed by atoms with Crippen molar-refractivity contribution in [3.05, 3.63) is 157 Å². The second kappa shape index (κ2) is 16.8. The Kier molecular flexibility index (Phi) is 11.3. The van der Waals surface area contributed by atoms with Gasteiger partial charge in [0.05, 0.1) is 23.3 Å². The van der Waals surface area contributed by atoms with Crippen molar-refractivity contribution < 1.29 is 27.8 Å². The van der Waals surface area contributed by atoms with Gasteiger partial charge in [-0.2, -0.15) is 10.5 Å². The molecule has 0 saturated heterocycles. The lowest BCUT2D eigenvalue weighted by Crippen LogP contribution is -2.37. The van der Waals surface area contributed by atoms with E-state index >= 15 is 0 Å². The van der Waals surface area contributed by atoms with E-state index in [0.29, 0.717) is 56.9 Å². The van der Waals surface area contributed by atoms with Crippen LogP contribution >= 0.6 is 24.6 Å². The van der Waals surface area contributed by atoms with Crippen molar-refractivity contribution in [2.24, 2.45) is 4.52 Å². The number of nitrogen functional groups attached to an aromatic ring is 4. The molecule has 0 aromatic heterocycles. The molecule has 56 heavy (non-hydrogen) atoms. The van der Waals surface area contributed by atoms with E-state index in [-0.39, 0.29) is 11.5 Å². The lowest BCUT2D eigenvalue weighted by Gasteiger charge is -2.43. The molecule has 0 amide bonds. The van der Waals surface area contributed by atoms with Gasteiger partial charge in [0.15, 0.2) is 0 Å². The predicted molar refractivity (Wildman–Crippen MR) is 216 cm³/mol. The van der Waals surface area contributed by atoms with Crippen molar-refractivity contribution in [2.75, 3.05) is 22.9 Å². The van der Waals surface area contributed by atoms with E-state index in [1.165, 1.54) is 9.21 Å². The summed E-state index contributed by atoms with van der Waals surface area (Å²) in [4.78, 5) is 13.3. The summed E-state index contributed by atoms with van der Waals surface area (Å²) < 4.78 is 35.2. The summed E-state index contributed by atoms with van der Waals surface area (Å²) in [5.41, 5.74) is 27.0. The summed E-state index contributed by atoms with van der Waals surface area (Å²) in [6, 6.07) is 44.0. The fourth-order valence-electron chi connectivity index (χ4n) is 4.74. The zero-order valence-electron chi connectivity index (χ0n) is 29.2. The zero-order chi connectivity index (χ0) is 39.1. The first-order chi connectivity index (χ1) is 27.2. The molecule has 0 saturated carbocycles. The number of nitriles is 2. The molecular formula is C38H32N9O6P3. The smallest absolute Gasteiger partial charge is 0.440 e. The predicted octanol–water partition coefficient (Wildman–Crippen LogP) is 9.38. The minimum absolute atomic E-state index is 0.276. The number of benzene rings is 6. The summed E-state index contributed by atoms with van der Waals surface area (Å²) in [6.45, 7) is 0. The minimum Gasteiger partial charge on any atom is -0.440 e. The Bertz CT molecular complexity index is 2350. The topological polar surface area (TPSA) is 226 Å². The normalized spacial score (nSPS) is 16.2. The molecule has 1 aliphatic heterocycles. The maximum Gasteiger partial charge on any atom is 0.447 e. The third kappa shape index (κ3) is 8.98. The lowest BCUT2D eigenvalue weighted by atomic mass is 10.2.